The number of fused-ring (bicyclic) bond motifs is 1. The molecule has 1 heterocycles. The summed E-state index contributed by atoms with van der Waals surface area (Å²) in [5, 5.41) is 1.94. The number of benzene rings is 2. The van der Waals surface area contributed by atoms with Crippen molar-refractivity contribution in [2.75, 3.05) is 0 Å². The Morgan fingerprint density at radius 3 is 2.50 bits per heavy atom. The second-order valence-electron chi connectivity index (χ2n) is 5.88. The van der Waals surface area contributed by atoms with Crippen LogP contribution in [-0.4, -0.2) is 4.57 Å². The van der Waals surface area contributed by atoms with E-state index in [1.54, 1.807) is 0 Å². The van der Waals surface area contributed by atoms with E-state index in [0.717, 1.165) is 27.4 Å². The average Bonchev–Trinajstić information content (AvgIpc) is 2.87. The molecule has 0 unspecified atom stereocenters. The maximum absolute atomic E-state index is 6.39. The van der Waals surface area contributed by atoms with Gasteiger partial charge in [-0.3, -0.25) is 0 Å². The van der Waals surface area contributed by atoms with Crippen molar-refractivity contribution >= 4 is 22.5 Å². The van der Waals surface area contributed by atoms with Gasteiger partial charge in [0.05, 0.1) is 16.2 Å². The zero-order valence-corrected chi connectivity index (χ0v) is 13.9. The molecule has 114 valence electrons. The molecule has 0 aliphatic rings. The minimum absolute atomic E-state index is 0.328. The molecule has 3 rings (SSSR count). The van der Waals surface area contributed by atoms with Crippen molar-refractivity contribution in [1.29, 1.82) is 0 Å². The summed E-state index contributed by atoms with van der Waals surface area (Å²) in [4.78, 5) is 0. The van der Waals surface area contributed by atoms with Gasteiger partial charge in [-0.25, -0.2) is 0 Å². The molecule has 0 aliphatic carbocycles. The first kappa shape index (κ1) is 15.0. The molecule has 0 amide bonds. The van der Waals surface area contributed by atoms with E-state index < -0.39 is 0 Å². The summed E-state index contributed by atoms with van der Waals surface area (Å²) in [6, 6.07) is 16.6. The number of rotatable bonds is 4. The fraction of sp³-hybridized carbons (Fsp3) is 0.263. The highest BCUT2D eigenvalue weighted by molar-refractivity contribution is 6.35. The molecule has 3 heteroatoms. The highest BCUT2D eigenvalue weighted by Gasteiger charge is 2.14. The number of hydrogen-bond donors (Lipinski definition) is 0. The molecular formula is C19H20ClNO. The molecule has 2 aromatic carbocycles. The third-order valence-corrected chi connectivity index (χ3v) is 4.12. The zero-order chi connectivity index (χ0) is 15.7. The van der Waals surface area contributed by atoms with Crippen LogP contribution in [0.1, 0.15) is 31.1 Å². The molecule has 0 atom stereocenters. The summed E-state index contributed by atoms with van der Waals surface area (Å²) in [5.74, 6) is 0.886. The molecule has 0 bridgehead atoms. The SMILES string of the molecule is Cc1ccc(OCc2cc3cccc(Cl)c3n2C(C)C)cc1. The highest BCUT2D eigenvalue weighted by Crippen LogP contribution is 2.30. The van der Waals surface area contributed by atoms with E-state index >= 15 is 0 Å². The lowest BCUT2D eigenvalue weighted by molar-refractivity contribution is 0.293. The van der Waals surface area contributed by atoms with E-state index in [1.807, 2.05) is 24.3 Å². The molecule has 0 saturated heterocycles. The Labute approximate surface area is 136 Å². The van der Waals surface area contributed by atoms with Crippen LogP contribution in [0, 0.1) is 6.92 Å². The molecule has 0 aliphatic heterocycles. The zero-order valence-electron chi connectivity index (χ0n) is 13.1. The summed E-state index contributed by atoms with van der Waals surface area (Å²) >= 11 is 6.39. The van der Waals surface area contributed by atoms with E-state index in [1.165, 1.54) is 5.56 Å². The number of nitrogens with zero attached hydrogens (tertiary/aromatic N) is 1. The number of aryl methyl sites for hydroxylation is 1. The van der Waals surface area contributed by atoms with E-state index in [0.29, 0.717) is 12.6 Å². The number of aromatic nitrogens is 1. The summed E-state index contributed by atoms with van der Waals surface area (Å²) in [7, 11) is 0. The summed E-state index contributed by atoms with van der Waals surface area (Å²) in [6.07, 6.45) is 0. The van der Waals surface area contributed by atoms with Gasteiger partial charge in [0.1, 0.15) is 12.4 Å². The van der Waals surface area contributed by atoms with Gasteiger partial charge < -0.3 is 9.30 Å². The van der Waals surface area contributed by atoms with Crippen LogP contribution in [0.4, 0.5) is 0 Å². The molecule has 1 aromatic heterocycles. The second kappa shape index (κ2) is 6.05. The number of para-hydroxylation sites is 1. The summed E-state index contributed by atoms with van der Waals surface area (Å²) in [5.41, 5.74) is 3.45. The molecule has 0 radical (unpaired) electrons. The maximum Gasteiger partial charge on any atom is 0.128 e. The quantitative estimate of drug-likeness (QED) is 0.597. The Balaban J connectivity index is 1.94. The lowest BCUT2D eigenvalue weighted by Gasteiger charge is -2.16. The fourth-order valence-electron chi connectivity index (χ4n) is 2.79. The van der Waals surface area contributed by atoms with Crippen LogP contribution in [0.5, 0.6) is 5.75 Å². The Morgan fingerprint density at radius 1 is 1.09 bits per heavy atom. The largest absolute Gasteiger partial charge is 0.487 e. The molecule has 2 nitrogen and oxygen atoms in total. The number of ether oxygens (including phenoxy) is 1. The van der Waals surface area contributed by atoms with Gasteiger partial charge >= 0.3 is 0 Å². The van der Waals surface area contributed by atoms with Gasteiger partial charge in [0.25, 0.3) is 0 Å². The maximum atomic E-state index is 6.39. The number of halogens is 1. The van der Waals surface area contributed by atoms with Crippen LogP contribution in [0.15, 0.2) is 48.5 Å². The van der Waals surface area contributed by atoms with E-state index in [9.17, 15) is 0 Å². The first-order valence-electron chi connectivity index (χ1n) is 7.54. The normalized spacial score (nSPS) is 11.3. The molecule has 22 heavy (non-hydrogen) atoms. The van der Waals surface area contributed by atoms with Gasteiger partial charge in [-0.15, -0.1) is 0 Å². The Morgan fingerprint density at radius 2 is 1.82 bits per heavy atom. The van der Waals surface area contributed by atoms with Crippen molar-refractivity contribution in [3.63, 3.8) is 0 Å². The van der Waals surface area contributed by atoms with Crippen LogP contribution >= 0.6 is 11.6 Å². The predicted octanol–water partition coefficient (Wildman–Crippen LogP) is 5.76. The molecule has 3 aromatic rings. The lowest BCUT2D eigenvalue weighted by Crippen LogP contribution is -2.08. The monoisotopic (exact) mass is 313 g/mol. The van der Waals surface area contributed by atoms with Gasteiger partial charge in [0.15, 0.2) is 0 Å². The van der Waals surface area contributed by atoms with Crippen molar-refractivity contribution < 1.29 is 4.74 Å². The van der Waals surface area contributed by atoms with Gasteiger partial charge in [-0.05, 0) is 45.0 Å². The van der Waals surface area contributed by atoms with Gasteiger partial charge in [0, 0.05) is 11.4 Å². The topological polar surface area (TPSA) is 14.2 Å². The minimum atomic E-state index is 0.328. The minimum Gasteiger partial charge on any atom is -0.487 e. The van der Waals surface area contributed by atoms with Gasteiger partial charge in [-0.1, -0.05) is 41.4 Å². The van der Waals surface area contributed by atoms with E-state index in [-0.39, 0.29) is 0 Å². The summed E-state index contributed by atoms with van der Waals surface area (Å²) in [6.45, 7) is 6.94. The first-order valence-corrected chi connectivity index (χ1v) is 7.92. The molecule has 0 fully saturated rings. The standard InChI is InChI=1S/C19H20ClNO/c1-13(2)21-16(11-15-5-4-6-18(20)19(15)21)12-22-17-9-7-14(3)8-10-17/h4-11,13H,12H2,1-3H3. The molecule has 0 saturated carbocycles. The van der Waals surface area contributed by atoms with E-state index in [4.69, 9.17) is 16.3 Å². The van der Waals surface area contributed by atoms with Crippen LogP contribution in [-0.2, 0) is 6.61 Å². The smallest absolute Gasteiger partial charge is 0.128 e. The van der Waals surface area contributed by atoms with Crippen LogP contribution in [0.25, 0.3) is 10.9 Å². The Hall–Kier alpha value is -1.93. The number of hydrogen-bond acceptors (Lipinski definition) is 1. The van der Waals surface area contributed by atoms with Crippen molar-refractivity contribution in [2.45, 2.75) is 33.4 Å². The van der Waals surface area contributed by atoms with Crippen molar-refractivity contribution in [1.82, 2.24) is 4.57 Å². The lowest BCUT2D eigenvalue weighted by atomic mass is 10.2. The van der Waals surface area contributed by atoms with Crippen LogP contribution < -0.4 is 4.74 Å². The predicted molar refractivity (Wildman–Crippen MR) is 92.8 cm³/mol. The van der Waals surface area contributed by atoms with Crippen LogP contribution in [0.2, 0.25) is 5.02 Å². The summed E-state index contributed by atoms with van der Waals surface area (Å²) < 4.78 is 8.20. The van der Waals surface area contributed by atoms with E-state index in [2.05, 4.69) is 49.6 Å². The Bertz CT molecular complexity index is 787. The third kappa shape index (κ3) is 2.84. The van der Waals surface area contributed by atoms with Crippen molar-refractivity contribution in [2.24, 2.45) is 0 Å². The van der Waals surface area contributed by atoms with Crippen molar-refractivity contribution in [3.05, 3.63) is 64.8 Å². The molecule has 0 spiro atoms. The Kier molecular flexibility index (Phi) is 4.12. The van der Waals surface area contributed by atoms with Crippen molar-refractivity contribution in [3.8, 4) is 5.75 Å². The first-order chi connectivity index (χ1) is 10.6. The molecular weight excluding hydrogens is 294 g/mol. The van der Waals surface area contributed by atoms with Gasteiger partial charge in [0.2, 0.25) is 0 Å². The second-order valence-corrected chi connectivity index (χ2v) is 6.29. The fourth-order valence-corrected chi connectivity index (χ4v) is 3.06. The van der Waals surface area contributed by atoms with Gasteiger partial charge in [-0.2, -0.15) is 0 Å². The average molecular weight is 314 g/mol. The van der Waals surface area contributed by atoms with Crippen LogP contribution in [0.3, 0.4) is 0 Å². The highest BCUT2D eigenvalue weighted by atomic mass is 35.5. The molecule has 0 N–H and O–H groups in total. The third-order valence-electron chi connectivity index (χ3n) is 3.81.